The summed E-state index contributed by atoms with van der Waals surface area (Å²) in [5, 5.41) is 3.96. The van der Waals surface area contributed by atoms with E-state index in [-0.39, 0.29) is 36.0 Å². The molecular formula is C23H27FN2O4. The van der Waals surface area contributed by atoms with Gasteiger partial charge < -0.3 is 14.2 Å². The zero-order valence-electron chi connectivity index (χ0n) is 17.2. The lowest BCUT2D eigenvalue weighted by Crippen LogP contribution is -2.40. The Morgan fingerprint density at radius 1 is 1.20 bits per heavy atom. The van der Waals surface area contributed by atoms with Crippen molar-refractivity contribution in [3.05, 3.63) is 53.2 Å². The van der Waals surface area contributed by atoms with Gasteiger partial charge in [-0.3, -0.25) is 9.59 Å². The summed E-state index contributed by atoms with van der Waals surface area (Å²) in [4.78, 5) is 26.8. The molecule has 1 atom stereocenters. The molecule has 0 radical (unpaired) electrons. The first-order valence-corrected chi connectivity index (χ1v) is 10.7. The van der Waals surface area contributed by atoms with Gasteiger partial charge in [0.05, 0.1) is 13.0 Å². The van der Waals surface area contributed by atoms with Crippen LogP contribution in [0.15, 0.2) is 34.9 Å². The average molecular weight is 414 g/mol. The van der Waals surface area contributed by atoms with Crippen LogP contribution in [-0.2, 0) is 9.53 Å². The van der Waals surface area contributed by atoms with Gasteiger partial charge in [0.15, 0.2) is 5.69 Å². The highest BCUT2D eigenvalue weighted by Crippen LogP contribution is 2.40. The van der Waals surface area contributed by atoms with E-state index in [2.05, 4.69) is 5.16 Å². The lowest BCUT2D eigenvalue weighted by molar-refractivity contribution is -0.144. The Bertz CT molecular complexity index is 883. The number of likely N-dealkylation sites (tertiary alicyclic amines) is 1. The highest BCUT2D eigenvalue weighted by atomic mass is 19.1. The summed E-state index contributed by atoms with van der Waals surface area (Å²) in [6.07, 6.45) is 3.98. The van der Waals surface area contributed by atoms with E-state index in [0.29, 0.717) is 31.3 Å². The fourth-order valence-electron chi connectivity index (χ4n) is 4.28. The SMILES string of the molecule is CCOC(=O)C[C@@H](c1ccc(F)cc1)C1CCN(C(=O)c2cc(C3CC3)on2)CC1. The van der Waals surface area contributed by atoms with Crippen LogP contribution in [0.25, 0.3) is 0 Å². The van der Waals surface area contributed by atoms with Crippen molar-refractivity contribution < 1.29 is 23.2 Å². The van der Waals surface area contributed by atoms with Gasteiger partial charge in [0.1, 0.15) is 11.6 Å². The molecule has 2 heterocycles. The van der Waals surface area contributed by atoms with Gasteiger partial charge in [0.2, 0.25) is 0 Å². The second-order valence-electron chi connectivity index (χ2n) is 8.19. The Labute approximate surface area is 175 Å². The third kappa shape index (κ3) is 4.71. The largest absolute Gasteiger partial charge is 0.466 e. The van der Waals surface area contributed by atoms with Crippen LogP contribution in [-0.4, -0.2) is 41.6 Å². The van der Waals surface area contributed by atoms with Crippen LogP contribution in [0, 0.1) is 11.7 Å². The number of carbonyl (C=O) groups excluding carboxylic acids is 2. The second-order valence-corrected chi connectivity index (χ2v) is 8.19. The molecular weight excluding hydrogens is 387 g/mol. The molecule has 1 aliphatic heterocycles. The minimum absolute atomic E-state index is 0.0598. The number of ether oxygens (including phenoxy) is 1. The summed E-state index contributed by atoms with van der Waals surface area (Å²) in [5.74, 6) is 0.724. The molecule has 0 unspecified atom stereocenters. The van der Waals surface area contributed by atoms with Gasteiger partial charge in [-0.05, 0) is 62.1 Å². The van der Waals surface area contributed by atoms with Crippen molar-refractivity contribution in [1.82, 2.24) is 10.1 Å². The molecule has 1 saturated heterocycles. The standard InChI is InChI=1S/C23H27FN2O4/c1-2-29-22(27)13-19(15-5-7-18(24)8-6-15)16-9-11-26(12-10-16)23(28)20-14-21(30-25-20)17-3-4-17/h5-8,14,16-17,19H,2-4,9-13H2,1H3/t19-/m0/s1. The predicted molar refractivity (Wildman–Crippen MR) is 107 cm³/mol. The molecule has 0 bridgehead atoms. The minimum atomic E-state index is -0.299. The molecule has 6 nitrogen and oxygen atoms in total. The molecule has 2 fully saturated rings. The quantitative estimate of drug-likeness (QED) is 0.633. The molecule has 0 spiro atoms. The topological polar surface area (TPSA) is 72.6 Å². The number of hydrogen-bond acceptors (Lipinski definition) is 5. The Balaban J connectivity index is 1.41. The molecule has 4 rings (SSSR count). The first-order chi connectivity index (χ1) is 14.5. The number of piperidine rings is 1. The lowest BCUT2D eigenvalue weighted by atomic mass is 9.78. The molecule has 160 valence electrons. The molecule has 2 aromatic rings. The van der Waals surface area contributed by atoms with Crippen LogP contribution in [0.4, 0.5) is 4.39 Å². The zero-order chi connectivity index (χ0) is 21.1. The van der Waals surface area contributed by atoms with E-state index in [0.717, 1.165) is 37.0 Å². The number of carbonyl (C=O) groups is 2. The monoisotopic (exact) mass is 414 g/mol. The number of nitrogens with zero attached hydrogens (tertiary/aromatic N) is 2. The fourth-order valence-corrected chi connectivity index (χ4v) is 4.28. The van der Waals surface area contributed by atoms with E-state index < -0.39 is 0 Å². The third-order valence-electron chi connectivity index (χ3n) is 6.11. The van der Waals surface area contributed by atoms with Crippen molar-refractivity contribution in [2.75, 3.05) is 19.7 Å². The van der Waals surface area contributed by atoms with E-state index in [1.807, 2.05) is 0 Å². The van der Waals surface area contributed by atoms with Crippen LogP contribution in [0.1, 0.15) is 72.7 Å². The number of hydrogen-bond donors (Lipinski definition) is 0. The van der Waals surface area contributed by atoms with Gasteiger partial charge in [0, 0.05) is 25.1 Å². The Morgan fingerprint density at radius 3 is 2.53 bits per heavy atom. The maximum absolute atomic E-state index is 13.4. The van der Waals surface area contributed by atoms with Crippen molar-refractivity contribution in [3.63, 3.8) is 0 Å². The van der Waals surface area contributed by atoms with Crippen molar-refractivity contribution >= 4 is 11.9 Å². The van der Waals surface area contributed by atoms with E-state index in [4.69, 9.17) is 9.26 Å². The molecule has 1 aromatic carbocycles. The normalized spacial score (nSPS) is 18.3. The molecule has 7 heteroatoms. The number of rotatable bonds is 7. The van der Waals surface area contributed by atoms with Crippen LogP contribution in [0.3, 0.4) is 0 Å². The predicted octanol–water partition coefficient (Wildman–Crippen LogP) is 4.28. The number of benzene rings is 1. The van der Waals surface area contributed by atoms with Gasteiger partial charge >= 0.3 is 5.97 Å². The molecule has 1 aromatic heterocycles. The highest BCUT2D eigenvalue weighted by Gasteiger charge is 2.33. The van der Waals surface area contributed by atoms with Crippen molar-refractivity contribution in [2.45, 2.75) is 50.9 Å². The van der Waals surface area contributed by atoms with Gasteiger partial charge in [-0.1, -0.05) is 17.3 Å². The van der Waals surface area contributed by atoms with Gasteiger partial charge in [0.25, 0.3) is 5.91 Å². The molecule has 0 N–H and O–H groups in total. The van der Waals surface area contributed by atoms with Crippen LogP contribution < -0.4 is 0 Å². The summed E-state index contributed by atoms with van der Waals surface area (Å²) in [6.45, 7) is 3.31. The smallest absolute Gasteiger partial charge is 0.306 e. The van der Waals surface area contributed by atoms with Gasteiger partial charge in [-0.2, -0.15) is 0 Å². The van der Waals surface area contributed by atoms with Crippen LogP contribution >= 0.6 is 0 Å². The van der Waals surface area contributed by atoms with E-state index >= 15 is 0 Å². The number of amides is 1. The summed E-state index contributed by atoms with van der Waals surface area (Å²) in [6, 6.07) is 8.10. The van der Waals surface area contributed by atoms with E-state index in [9.17, 15) is 14.0 Å². The molecule has 1 aliphatic carbocycles. The Hall–Kier alpha value is -2.70. The molecule has 1 amide bonds. The average Bonchev–Trinajstić information content (AvgIpc) is 3.49. The summed E-state index contributed by atoms with van der Waals surface area (Å²) in [5.41, 5.74) is 1.30. The maximum Gasteiger partial charge on any atom is 0.306 e. The fraction of sp³-hybridized carbons (Fsp3) is 0.522. The van der Waals surface area contributed by atoms with E-state index in [1.54, 1.807) is 30.0 Å². The second kappa shape index (κ2) is 8.98. The zero-order valence-corrected chi connectivity index (χ0v) is 17.2. The van der Waals surface area contributed by atoms with Gasteiger partial charge in [-0.15, -0.1) is 0 Å². The highest BCUT2D eigenvalue weighted by molar-refractivity contribution is 5.92. The molecule has 2 aliphatic rings. The molecule has 1 saturated carbocycles. The maximum atomic E-state index is 13.4. The number of esters is 1. The summed E-state index contributed by atoms with van der Waals surface area (Å²) >= 11 is 0. The van der Waals surface area contributed by atoms with Crippen LogP contribution in [0.5, 0.6) is 0 Å². The van der Waals surface area contributed by atoms with Crippen LogP contribution in [0.2, 0.25) is 0 Å². The number of aromatic nitrogens is 1. The molecule has 30 heavy (non-hydrogen) atoms. The van der Waals surface area contributed by atoms with Crippen molar-refractivity contribution in [2.24, 2.45) is 5.92 Å². The van der Waals surface area contributed by atoms with Crippen molar-refractivity contribution in [3.8, 4) is 0 Å². The Kier molecular flexibility index (Phi) is 6.16. The summed E-state index contributed by atoms with van der Waals surface area (Å²) < 4.78 is 23.9. The Morgan fingerprint density at radius 2 is 1.90 bits per heavy atom. The third-order valence-corrected chi connectivity index (χ3v) is 6.11. The summed E-state index contributed by atoms with van der Waals surface area (Å²) in [7, 11) is 0. The lowest BCUT2D eigenvalue weighted by Gasteiger charge is -2.35. The number of halogens is 1. The van der Waals surface area contributed by atoms with E-state index in [1.165, 1.54) is 12.1 Å². The first kappa shape index (κ1) is 20.6. The van der Waals surface area contributed by atoms with Gasteiger partial charge in [-0.25, -0.2) is 4.39 Å². The van der Waals surface area contributed by atoms with Crippen molar-refractivity contribution in [1.29, 1.82) is 0 Å². The first-order valence-electron chi connectivity index (χ1n) is 10.7. The minimum Gasteiger partial charge on any atom is -0.466 e.